The number of halogens is 1. The van der Waals surface area contributed by atoms with Gasteiger partial charge in [-0.25, -0.2) is 4.99 Å². The molecule has 0 unspecified atom stereocenters. The molecule has 1 aliphatic heterocycles. The van der Waals surface area contributed by atoms with Gasteiger partial charge >= 0.3 is 5.69 Å². The van der Waals surface area contributed by atoms with Crippen LogP contribution in [-0.2, 0) is 0 Å². The second-order valence-corrected chi connectivity index (χ2v) is 6.24. The van der Waals surface area contributed by atoms with Gasteiger partial charge in [-0.3, -0.25) is 14.8 Å². The van der Waals surface area contributed by atoms with E-state index in [2.05, 4.69) is 15.0 Å². The number of fused-ring (bicyclic) bond motifs is 1. The number of rotatable bonds is 2. The summed E-state index contributed by atoms with van der Waals surface area (Å²) >= 11 is 8.29. The molecule has 0 aliphatic carbocycles. The Bertz CT molecular complexity index is 500. The molecule has 0 fully saturated rings. The fourth-order valence-corrected chi connectivity index (χ4v) is 3.58. The van der Waals surface area contributed by atoms with Crippen LogP contribution in [0.15, 0.2) is 9.20 Å². The van der Waals surface area contributed by atoms with Crippen molar-refractivity contribution in [3.8, 4) is 0 Å². The molecule has 1 aliphatic rings. The average Bonchev–Trinajstić information content (AvgIpc) is 2.52. The van der Waals surface area contributed by atoms with E-state index >= 15 is 0 Å². The molecule has 0 amide bonds. The quantitative estimate of drug-likeness (QED) is 0.497. The number of hydrogen-bond acceptors (Lipinski definition) is 5. The number of aliphatic imine (C=N–C) groups is 1. The minimum Gasteiger partial charge on any atom is -0.318 e. The Morgan fingerprint density at radius 1 is 1.53 bits per heavy atom. The third-order valence-corrected chi connectivity index (χ3v) is 4.22. The molecule has 9 heteroatoms. The van der Waals surface area contributed by atoms with E-state index in [1.807, 2.05) is 13.8 Å². The van der Waals surface area contributed by atoms with Crippen LogP contribution in [0.4, 0.5) is 11.4 Å². The predicted molar refractivity (Wildman–Crippen MR) is 71.2 cm³/mol. The van der Waals surface area contributed by atoms with E-state index in [-0.39, 0.29) is 16.1 Å². The summed E-state index contributed by atoms with van der Waals surface area (Å²) in [5.41, 5.74) is 0.338. The van der Waals surface area contributed by atoms with Crippen molar-refractivity contribution in [2.45, 2.75) is 24.1 Å². The Labute approximate surface area is 111 Å². The van der Waals surface area contributed by atoms with Crippen molar-refractivity contribution < 1.29 is 4.92 Å². The van der Waals surface area contributed by atoms with E-state index in [0.29, 0.717) is 11.6 Å². The van der Waals surface area contributed by atoms with Crippen molar-refractivity contribution in [3.05, 3.63) is 14.5 Å². The van der Waals surface area contributed by atoms with Crippen molar-refractivity contribution >= 4 is 52.2 Å². The van der Waals surface area contributed by atoms with Crippen LogP contribution in [0.2, 0.25) is 4.34 Å². The molecule has 0 atom stereocenters. The van der Waals surface area contributed by atoms with E-state index < -0.39 is 4.92 Å². The van der Waals surface area contributed by atoms with Gasteiger partial charge in [-0.1, -0.05) is 11.6 Å². The lowest BCUT2D eigenvalue weighted by Gasteiger charge is -2.17. The number of nitrogens with zero attached hydrogens (tertiary/aromatic N) is 2. The SMILES string of the molecule is CC(C)N=C1NSc2sc(Cl)c([N+](=O)[O-])c2N1. The molecule has 92 valence electrons. The van der Waals surface area contributed by atoms with Crippen LogP contribution in [0.25, 0.3) is 0 Å². The van der Waals surface area contributed by atoms with Crippen molar-refractivity contribution in [2.24, 2.45) is 4.99 Å². The van der Waals surface area contributed by atoms with Crippen molar-refractivity contribution in [3.63, 3.8) is 0 Å². The smallest absolute Gasteiger partial charge is 0.318 e. The van der Waals surface area contributed by atoms with Gasteiger partial charge in [0.2, 0.25) is 5.96 Å². The fourth-order valence-electron chi connectivity index (χ4n) is 1.28. The number of nitro groups is 1. The van der Waals surface area contributed by atoms with E-state index in [1.54, 1.807) is 0 Å². The highest BCUT2D eigenvalue weighted by atomic mass is 35.5. The first-order valence-electron chi connectivity index (χ1n) is 4.73. The second kappa shape index (κ2) is 4.71. The zero-order valence-electron chi connectivity index (χ0n) is 8.98. The Kier molecular flexibility index (Phi) is 3.45. The third-order valence-electron chi connectivity index (χ3n) is 1.86. The lowest BCUT2D eigenvalue weighted by molar-refractivity contribution is -0.383. The molecule has 2 rings (SSSR count). The lowest BCUT2D eigenvalue weighted by atomic mass is 10.4. The molecule has 1 aromatic rings. The molecule has 0 bridgehead atoms. The highest BCUT2D eigenvalue weighted by molar-refractivity contribution is 8.00. The standard InChI is InChI=1S/C8H9ClN4O2S2/c1-3(2)10-8-11-4-5(13(14)15)6(9)16-7(4)17-12-8/h3H,1-2H3,(H2,10,11,12). The lowest BCUT2D eigenvalue weighted by Crippen LogP contribution is -2.29. The first kappa shape index (κ1) is 12.5. The van der Waals surface area contributed by atoms with Gasteiger partial charge in [-0.05, 0) is 13.8 Å². The number of hydrogen-bond donors (Lipinski definition) is 2. The topological polar surface area (TPSA) is 79.6 Å². The van der Waals surface area contributed by atoms with Gasteiger partial charge in [-0.15, -0.1) is 11.3 Å². The van der Waals surface area contributed by atoms with Gasteiger partial charge in [0.15, 0.2) is 4.34 Å². The summed E-state index contributed by atoms with van der Waals surface area (Å²) in [4.78, 5) is 14.7. The minimum absolute atomic E-state index is 0.0860. The molecular formula is C8H9ClN4O2S2. The van der Waals surface area contributed by atoms with E-state index in [4.69, 9.17) is 11.6 Å². The second-order valence-electron chi connectivity index (χ2n) is 3.54. The maximum Gasteiger partial charge on any atom is 0.323 e. The molecule has 2 N–H and O–H groups in total. The van der Waals surface area contributed by atoms with Crippen LogP contribution in [0, 0.1) is 10.1 Å². The molecule has 2 heterocycles. The number of guanidine groups is 1. The maximum atomic E-state index is 10.9. The molecule has 0 spiro atoms. The van der Waals surface area contributed by atoms with Crippen LogP contribution in [0.1, 0.15) is 13.8 Å². The van der Waals surface area contributed by atoms with E-state index in [0.717, 1.165) is 4.21 Å². The molecule has 0 saturated carbocycles. The van der Waals surface area contributed by atoms with Crippen LogP contribution in [0.5, 0.6) is 0 Å². The van der Waals surface area contributed by atoms with Gasteiger partial charge in [0.1, 0.15) is 9.90 Å². The summed E-state index contributed by atoms with van der Waals surface area (Å²) < 4.78 is 3.88. The Morgan fingerprint density at radius 2 is 2.24 bits per heavy atom. The molecule has 6 nitrogen and oxygen atoms in total. The highest BCUT2D eigenvalue weighted by Crippen LogP contribution is 2.48. The van der Waals surface area contributed by atoms with Crippen LogP contribution >= 0.6 is 34.9 Å². The van der Waals surface area contributed by atoms with Crippen molar-refractivity contribution in [1.29, 1.82) is 0 Å². The largest absolute Gasteiger partial charge is 0.323 e. The van der Waals surface area contributed by atoms with Gasteiger partial charge in [0.05, 0.1) is 4.92 Å². The monoisotopic (exact) mass is 292 g/mol. The van der Waals surface area contributed by atoms with Crippen molar-refractivity contribution in [1.82, 2.24) is 4.72 Å². The molecule has 17 heavy (non-hydrogen) atoms. The third kappa shape index (κ3) is 2.48. The Balaban J connectivity index is 2.39. The van der Waals surface area contributed by atoms with Crippen LogP contribution < -0.4 is 10.0 Å². The molecule has 0 aromatic carbocycles. The maximum absolute atomic E-state index is 10.9. The summed E-state index contributed by atoms with van der Waals surface area (Å²) in [6.45, 7) is 3.84. The predicted octanol–water partition coefficient (Wildman–Crippen LogP) is 3.10. The number of anilines is 1. The normalized spacial score (nSPS) is 16.6. The Morgan fingerprint density at radius 3 is 2.82 bits per heavy atom. The fraction of sp³-hybridized carbons (Fsp3) is 0.375. The Hall–Kier alpha value is -0.990. The summed E-state index contributed by atoms with van der Waals surface area (Å²) in [6.07, 6.45) is 0. The van der Waals surface area contributed by atoms with Gasteiger partial charge < -0.3 is 5.32 Å². The summed E-state index contributed by atoms with van der Waals surface area (Å²) in [5.74, 6) is 0.509. The summed E-state index contributed by atoms with van der Waals surface area (Å²) in [6, 6.07) is 0.0975. The average molecular weight is 293 g/mol. The molecule has 0 radical (unpaired) electrons. The van der Waals surface area contributed by atoms with Crippen molar-refractivity contribution in [2.75, 3.05) is 5.32 Å². The summed E-state index contributed by atoms with van der Waals surface area (Å²) in [5, 5.41) is 13.8. The number of nitrogens with one attached hydrogen (secondary N) is 2. The zero-order chi connectivity index (χ0) is 12.6. The van der Waals surface area contributed by atoms with E-state index in [1.165, 1.54) is 23.3 Å². The van der Waals surface area contributed by atoms with Gasteiger partial charge in [0.25, 0.3) is 0 Å². The van der Waals surface area contributed by atoms with Crippen LogP contribution in [0.3, 0.4) is 0 Å². The summed E-state index contributed by atoms with van der Waals surface area (Å²) in [7, 11) is 0. The number of thiophene rings is 1. The zero-order valence-corrected chi connectivity index (χ0v) is 11.4. The minimum atomic E-state index is -0.483. The molecular weight excluding hydrogens is 284 g/mol. The molecule has 1 aromatic heterocycles. The highest BCUT2D eigenvalue weighted by Gasteiger charge is 2.30. The molecule has 0 saturated heterocycles. The van der Waals surface area contributed by atoms with Crippen LogP contribution in [-0.4, -0.2) is 16.9 Å². The van der Waals surface area contributed by atoms with Gasteiger partial charge in [0, 0.05) is 18.0 Å². The first-order chi connectivity index (χ1) is 7.99. The van der Waals surface area contributed by atoms with E-state index in [9.17, 15) is 10.1 Å². The first-order valence-corrected chi connectivity index (χ1v) is 6.74. The van der Waals surface area contributed by atoms with Gasteiger partial charge in [-0.2, -0.15) is 0 Å².